The molecule has 1 aromatic rings. The van der Waals surface area contributed by atoms with Crippen molar-refractivity contribution >= 4 is 5.91 Å². The van der Waals surface area contributed by atoms with Crippen molar-refractivity contribution in [2.75, 3.05) is 13.2 Å². The summed E-state index contributed by atoms with van der Waals surface area (Å²) >= 11 is 0. The summed E-state index contributed by atoms with van der Waals surface area (Å²) in [4.78, 5) is 11.5. The van der Waals surface area contributed by atoms with Gasteiger partial charge in [-0.15, -0.1) is 0 Å². The van der Waals surface area contributed by atoms with Crippen LogP contribution in [0, 0.1) is 11.3 Å². The summed E-state index contributed by atoms with van der Waals surface area (Å²) in [7, 11) is 0. The van der Waals surface area contributed by atoms with Crippen LogP contribution < -0.4 is 15.4 Å². The van der Waals surface area contributed by atoms with Gasteiger partial charge in [0.1, 0.15) is 11.8 Å². The molecule has 0 saturated carbocycles. The Labute approximate surface area is 119 Å². The Morgan fingerprint density at radius 1 is 1.40 bits per heavy atom. The van der Waals surface area contributed by atoms with Gasteiger partial charge in [0.2, 0.25) is 5.91 Å². The summed E-state index contributed by atoms with van der Waals surface area (Å²) in [6.45, 7) is 5.12. The standard InChI is InChI=1S/C15H21N3O2/c1-12(2)18-15(19)7-9-17-11-13-5-3-4-6-14(13)20-10-8-16/h3-6,12,17H,7,9-11H2,1-2H3,(H,18,19). The first kappa shape index (κ1) is 16.0. The third-order valence-corrected chi connectivity index (χ3v) is 2.56. The predicted octanol–water partition coefficient (Wildman–Crippen LogP) is 1.59. The molecule has 0 heterocycles. The molecule has 0 saturated heterocycles. The number of hydrogen-bond donors (Lipinski definition) is 2. The van der Waals surface area contributed by atoms with Crippen LogP contribution in [0.15, 0.2) is 24.3 Å². The van der Waals surface area contributed by atoms with Gasteiger partial charge in [-0.05, 0) is 19.9 Å². The SMILES string of the molecule is CC(C)NC(=O)CCNCc1ccccc1OCC#N. The maximum Gasteiger partial charge on any atom is 0.221 e. The van der Waals surface area contributed by atoms with E-state index < -0.39 is 0 Å². The zero-order valence-corrected chi connectivity index (χ0v) is 12.0. The van der Waals surface area contributed by atoms with Gasteiger partial charge in [0, 0.05) is 31.1 Å². The molecule has 0 bridgehead atoms. The molecule has 0 aliphatic carbocycles. The van der Waals surface area contributed by atoms with E-state index in [2.05, 4.69) is 10.6 Å². The number of amides is 1. The van der Waals surface area contributed by atoms with Crippen LogP contribution in [-0.2, 0) is 11.3 Å². The van der Waals surface area contributed by atoms with Gasteiger partial charge in [0.05, 0.1) is 0 Å². The molecule has 0 fully saturated rings. The molecular weight excluding hydrogens is 254 g/mol. The number of para-hydroxylation sites is 1. The molecular formula is C15H21N3O2. The average molecular weight is 275 g/mol. The average Bonchev–Trinajstić information content (AvgIpc) is 2.41. The number of hydrogen-bond acceptors (Lipinski definition) is 4. The van der Waals surface area contributed by atoms with Crippen LogP contribution in [0.3, 0.4) is 0 Å². The Kier molecular flexibility index (Phi) is 7.15. The van der Waals surface area contributed by atoms with Crippen molar-refractivity contribution < 1.29 is 9.53 Å². The number of nitrogens with zero attached hydrogens (tertiary/aromatic N) is 1. The van der Waals surface area contributed by atoms with E-state index in [1.54, 1.807) is 0 Å². The van der Waals surface area contributed by atoms with Gasteiger partial charge in [0.25, 0.3) is 0 Å². The smallest absolute Gasteiger partial charge is 0.221 e. The van der Waals surface area contributed by atoms with Gasteiger partial charge < -0.3 is 15.4 Å². The van der Waals surface area contributed by atoms with Gasteiger partial charge in [-0.1, -0.05) is 18.2 Å². The lowest BCUT2D eigenvalue weighted by Crippen LogP contribution is -2.32. The van der Waals surface area contributed by atoms with E-state index >= 15 is 0 Å². The molecule has 0 atom stereocenters. The van der Waals surface area contributed by atoms with Crippen LogP contribution in [0.2, 0.25) is 0 Å². The molecule has 1 rings (SSSR count). The lowest BCUT2D eigenvalue weighted by Gasteiger charge is -2.11. The molecule has 0 aliphatic rings. The van der Waals surface area contributed by atoms with Crippen molar-refractivity contribution in [3.05, 3.63) is 29.8 Å². The summed E-state index contributed by atoms with van der Waals surface area (Å²) in [6.07, 6.45) is 0.444. The summed E-state index contributed by atoms with van der Waals surface area (Å²) in [5.74, 6) is 0.745. The zero-order chi connectivity index (χ0) is 14.8. The number of nitrogens with one attached hydrogen (secondary N) is 2. The lowest BCUT2D eigenvalue weighted by atomic mass is 10.2. The molecule has 0 radical (unpaired) electrons. The van der Waals surface area contributed by atoms with Crippen molar-refractivity contribution in [2.45, 2.75) is 32.9 Å². The van der Waals surface area contributed by atoms with Crippen molar-refractivity contribution in [3.8, 4) is 11.8 Å². The van der Waals surface area contributed by atoms with E-state index in [0.717, 1.165) is 5.56 Å². The van der Waals surface area contributed by atoms with Gasteiger partial charge in [-0.3, -0.25) is 4.79 Å². The quantitative estimate of drug-likeness (QED) is 0.707. The van der Waals surface area contributed by atoms with Crippen LogP contribution in [0.5, 0.6) is 5.75 Å². The second-order valence-electron chi connectivity index (χ2n) is 4.70. The van der Waals surface area contributed by atoms with Crippen molar-refractivity contribution in [1.82, 2.24) is 10.6 Å². The van der Waals surface area contributed by atoms with Gasteiger partial charge in [0.15, 0.2) is 6.61 Å². The summed E-state index contributed by atoms with van der Waals surface area (Å²) in [5.41, 5.74) is 0.979. The van der Waals surface area contributed by atoms with Gasteiger partial charge in [-0.2, -0.15) is 5.26 Å². The Bertz CT molecular complexity index is 466. The molecule has 5 nitrogen and oxygen atoms in total. The maximum absolute atomic E-state index is 11.5. The Hall–Kier alpha value is -2.06. The van der Waals surface area contributed by atoms with E-state index in [9.17, 15) is 4.79 Å². The molecule has 1 aromatic carbocycles. The second kappa shape index (κ2) is 8.94. The van der Waals surface area contributed by atoms with Crippen LogP contribution in [0.25, 0.3) is 0 Å². The van der Waals surface area contributed by atoms with E-state index in [0.29, 0.717) is 25.3 Å². The number of ether oxygens (including phenoxy) is 1. The highest BCUT2D eigenvalue weighted by molar-refractivity contribution is 5.76. The monoisotopic (exact) mass is 275 g/mol. The molecule has 0 spiro atoms. The van der Waals surface area contributed by atoms with Crippen LogP contribution >= 0.6 is 0 Å². The van der Waals surface area contributed by atoms with Gasteiger partial charge >= 0.3 is 0 Å². The topological polar surface area (TPSA) is 74.2 Å². The Morgan fingerprint density at radius 3 is 2.85 bits per heavy atom. The van der Waals surface area contributed by atoms with Crippen LogP contribution in [-0.4, -0.2) is 25.1 Å². The number of rotatable bonds is 8. The second-order valence-corrected chi connectivity index (χ2v) is 4.70. The fraction of sp³-hybridized carbons (Fsp3) is 0.467. The van der Waals surface area contributed by atoms with Crippen molar-refractivity contribution in [2.24, 2.45) is 0 Å². The van der Waals surface area contributed by atoms with E-state index in [4.69, 9.17) is 10.00 Å². The van der Waals surface area contributed by atoms with Gasteiger partial charge in [-0.25, -0.2) is 0 Å². The lowest BCUT2D eigenvalue weighted by molar-refractivity contribution is -0.121. The van der Waals surface area contributed by atoms with E-state index in [1.807, 2.05) is 44.2 Å². The first-order chi connectivity index (χ1) is 9.63. The normalized spacial score (nSPS) is 10.1. The van der Waals surface area contributed by atoms with Crippen molar-refractivity contribution in [3.63, 3.8) is 0 Å². The van der Waals surface area contributed by atoms with Crippen LogP contribution in [0.4, 0.5) is 0 Å². The highest BCUT2D eigenvalue weighted by Crippen LogP contribution is 2.17. The minimum Gasteiger partial charge on any atom is -0.478 e. The predicted molar refractivity (Wildman–Crippen MR) is 77.2 cm³/mol. The Balaban J connectivity index is 2.35. The number of benzene rings is 1. The largest absolute Gasteiger partial charge is 0.478 e. The first-order valence-corrected chi connectivity index (χ1v) is 6.71. The molecule has 108 valence electrons. The number of nitriles is 1. The summed E-state index contributed by atoms with van der Waals surface area (Å²) in [5, 5.41) is 14.6. The van der Waals surface area contributed by atoms with Crippen molar-refractivity contribution in [1.29, 1.82) is 5.26 Å². The molecule has 0 aliphatic heterocycles. The minimum absolute atomic E-state index is 0.0355. The first-order valence-electron chi connectivity index (χ1n) is 6.71. The zero-order valence-electron chi connectivity index (χ0n) is 12.0. The van der Waals surface area contributed by atoms with E-state index in [-0.39, 0.29) is 18.6 Å². The third-order valence-electron chi connectivity index (χ3n) is 2.56. The molecule has 0 unspecified atom stereocenters. The number of carbonyl (C=O) groups excluding carboxylic acids is 1. The minimum atomic E-state index is 0.0355. The number of carbonyl (C=O) groups is 1. The maximum atomic E-state index is 11.5. The summed E-state index contributed by atoms with van der Waals surface area (Å²) < 4.78 is 5.34. The fourth-order valence-corrected chi connectivity index (χ4v) is 1.72. The molecule has 0 aromatic heterocycles. The Morgan fingerprint density at radius 2 is 2.15 bits per heavy atom. The molecule has 20 heavy (non-hydrogen) atoms. The highest BCUT2D eigenvalue weighted by Gasteiger charge is 2.04. The molecule has 5 heteroatoms. The molecule has 1 amide bonds. The summed E-state index contributed by atoms with van der Waals surface area (Å²) in [6, 6.07) is 9.67. The van der Waals surface area contributed by atoms with E-state index in [1.165, 1.54) is 0 Å². The molecule has 2 N–H and O–H groups in total. The fourth-order valence-electron chi connectivity index (χ4n) is 1.72. The third kappa shape index (κ3) is 6.21. The van der Waals surface area contributed by atoms with Crippen LogP contribution in [0.1, 0.15) is 25.8 Å². The highest BCUT2D eigenvalue weighted by atomic mass is 16.5.